The van der Waals surface area contributed by atoms with Crippen LogP contribution in [0.25, 0.3) is 11.2 Å². The average molecular weight is 696 g/mol. The number of benzene rings is 1. The Bertz CT molecular complexity index is 1630. The molecule has 4 heterocycles. The van der Waals surface area contributed by atoms with Crippen LogP contribution in [0.2, 0.25) is 0 Å². The Hall–Kier alpha value is -4.05. The summed E-state index contributed by atoms with van der Waals surface area (Å²) in [7, 11) is 0. The Morgan fingerprint density at radius 1 is 0.980 bits per heavy atom. The van der Waals surface area contributed by atoms with Gasteiger partial charge < -0.3 is 45.5 Å². The highest BCUT2D eigenvalue weighted by Gasteiger charge is 2.56. The molecule has 0 radical (unpaired) electrons. The van der Waals surface area contributed by atoms with Gasteiger partial charge in [-0.1, -0.05) is 32.9 Å². The lowest BCUT2D eigenvalue weighted by Gasteiger charge is -2.34. The number of nitrogens with two attached hydrogens (primary N) is 1. The number of carboxylic acid groups (broad SMARTS) is 1. The van der Waals surface area contributed by atoms with Crippen molar-refractivity contribution in [3.05, 3.63) is 42.5 Å². The molecular weight excluding hydrogens is 642 g/mol. The molecule has 2 aliphatic rings. The third-order valence-electron chi connectivity index (χ3n) is 9.07. The van der Waals surface area contributed by atoms with Crippen molar-refractivity contribution in [2.45, 2.75) is 110 Å². The predicted octanol–water partition coefficient (Wildman–Crippen LogP) is 4.81. The van der Waals surface area contributed by atoms with E-state index in [1.807, 2.05) is 63.5 Å². The summed E-state index contributed by atoms with van der Waals surface area (Å²) < 4.78 is 21.2. The molecule has 2 fully saturated rings. The minimum Gasteiger partial charge on any atom is -0.465 e. The highest BCUT2D eigenvalue weighted by Crippen LogP contribution is 2.44. The quantitative estimate of drug-likeness (QED) is 0.191. The summed E-state index contributed by atoms with van der Waals surface area (Å²) in [6.07, 6.45) is 1.58. The number of rotatable bonds is 12. The van der Waals surface area contributed by atoms with Crippen LogP contribution in [0, 0.1) is 0 Å². The number of anilines is 2. The number of aromatic nitrogens is 4. The highest BCUT2D eigenvalue weighted by atomic mass is 16.8. The van der Waals surface area contributed by atoms with Crippen molar-refractivity contribution in [1.82, 2.24) is 34.6 Å². The number of ether oxygens (including phenoxy) is 3. The minimum absolute atomic E-state index is 0.0289. The predicted molar refractivity (Wildman–Crippen MR) is 190 cm³/mol. The Kier molecular flexibility index (Phi) is 10.9. The van der Waals surface area contributed by atoms with Crippen LogP contribution in [0.5, 0.6) is 0 Å². The number of nitrogens with zero attached hydrogens (tertiary/aromatic N) is 6. The van der Waals surface area contributed by atoms with E-state index < -0.39 is 29.8 Å². The highest BCUT2D eigenvalue weighted by molar-refractivity contribution is 5.89. The van der Waals surface area contributed by atoms with Gasteiger partial charge in [0, 0.05) is 30.9 Å². The van der Waals surface area contributed by atoms with E-state index in [2.05, 4.69) is 51.3 Å². The lowest BCUT2D eigenvalue weighted by Crippen LogP contribution is -2.47. The standard InChI is InChI=1S/C35H53N9O6/c1-33(2,3)22-11-13-23(14-12-22)41-31(45)37-15-9-16-42(17-10-18-44(32(46)47)34(4,5)6)19-24-26-27(50-35(7,8)49-26)30(48-24)43-21-40-25-28(36)38-20-39-29(25)43/h11-14,20-21,24,26-27,30H,9-10,15-19H2,1-8H3,(H,46,47)(H2,36,38,39)(H2,37,41,45)/t24-,26-,27-,30-/m1/s1. The van der Waals surface area contributed by atoms with Gasteiger partial charge in [-0.15, -0.1) is 0 Å². The first kappa shape index (κ1) is 37.2. The largest absolute Gasteiger partial charge is 0.465 e. The average Bonchev–Trinajstić information content (AvgIpc) is 3.67. The topological polar surface area (TPSA) is 182 Å². The van der Waals surface area contributed by atoms with E-state index in [0.717, 1.165) is 5.69 Å². The van der Waals surface area contributed by atoms with Crippen molar-refractivity contribution in [3.63, 3.8) is 0 Å². The van der Waals surface area contributed by atoms with Crippen molar-refractivity contribution in [3.8, 4) is 0 Å². The van der Waals surface area contributed by atoms with E-state index in [0.29, 0.717) is 56.7 Å². The van der Waals surface area contributed by atoms with E-state index in [-0.39, 0.29) is 29.5 Å². The molecule has 3 amide bonds. The smallest absolute Gasteiger partial charge is 0.407 e. The van der Waals surface area contributed by atoms with Crippen LogP contribution in [-0.4, -0.2) is 109 Å². The van der Waals surface area contributed by atoms with Crippen molar-refractivity contribution in [2.75, 3.05) is 43.8 Å². The number of carbonyl (C=O) groups is 2. The van der Waals surface area contributed by atoms with E-state index in [4.69, 9.17) is 19.9 Å². The number of amides is 3. The maximum atomic E-state index is 12.7. The van der Waals surface area contributed by atoms with Crippen molar-refractivity contribution >= 4 is 34.8 Å². The maximum Gasteiger partial charge on any atom is 0.407 e. The molecule has 1 aromatic carbocycles. The number of fused-ring (bicyclic) bond motifs is 2. The van der Waals surface area contributed by atoms with Crippen molar-refractivity contribution < 1.29 is 28.9 Å². The first-order valence-electron chi connectivity index (χ1n) is 17.3. The molecule has 3 aromatic rings. The number of hydrogen-bond donors (Lipinski definition) is 4. The third-order valence-corrected chi connectivity index (χ3v) is 9.07. The fraction of sp³-hybridized carbons (Fsp3) is 0.629. The zero-order valence-corrected chi connectivity index (χ0v) is 30.5. The number of urea groups is 1. The number of nitrogens with one attached hydrogen (secondary N) is 2. The molecule has 2 saturated heterocycles. The SMILES string of the molecule is CC1(C)O[C@@H]2[C@H](O1)[C@@H](CN(CCCNC(=O)Nc1ccc(C(C)(C)C)cc1)CCCN(C(=O)O)C(C)(C)C)O[C@H]2n1cnc2c(N)ncnc21. The summed E-state index contributed by atoms with van der Waals surface area (Å²) in [5.74, 6) is -0.550. The van der Waals surface area contributed by atoms with Crippen LogP contribution < -0.4 is 16.4 Å². The Morgan fingerprint density at radius 2 is 1.66 bits per heavy atom. The number of imidazole rings is 1. The molecule has 0 spiro atoms. The molecule has 5 rings (SSSR count). The van der Waals surface area contributed by atoms with Gasteiger partial charge >= 0.3 is 12.1 Å². The van der Waals surface area contributed by atoms with Gasteiger partial charge in [-0.05, 0) is 83.7 Å². The Labute approximate surface area is 293 Å². The lowest BCUT2D eigenvalue weighted by atomic mass is 9.87. The molecule has 0 bridgehead atoms. The third kappa shape index (κ3) is 8.81. The molecule has 2 aromatic heterocycles. The van der Waals surface area contributed by atoms with E-state index in [9.17, 15) is 14.7 Å². The fourth-order valence-electron chi connectivity index (χ4n) is 6.54. The van der Waals surface area contributed by atoms with E-state index in [1.54, 1.807) is 6.33 Å². The summed E-state index contributed by atoms with van der Waals surface area (Å²) >= 11 is 0. The van der Waals surface area contributed by atoms with Gasteiger partial charge in [-0.25, -0.2) is 24.5 Å². The summed E-state index contributed by atoms with van der Waals surface area (Å²) in [4.78, 5) is 41.3. The second-order valence-electron chi connectivity index (χ2n) is 15.5. The molecule has 15 heteroatoms. The van der Waals surface area contributed by atoms with Gasteiger partial charge in [0.2, 0.25) is 0 Å². The van der Waals surface area contributed by atoms with Gasteiger partial charge in [0.05, 0.1) is 6.33 Å². The van der Waals surface area contributed by atoms with Gasteiger partial charge in [0.1, 0.15) is 30.2 Å². The van der Waals surface area contributed by atoms with Crippen molar-refractivity contribution in [2.24, 2.45) is 0 Å². The van der Waals surface area contributed by atoms with E-state index >= 15 is 0 Å². The number of nitrogen functional groups attached to an aromatic ring is 1. The molecule has 50 heavy (non-hydrogen) atoms. The van der Waals surface area contributed by atoms with Crippen LogP contribution in [0.4, 0.5) is 21.1 Å². The lowest BCUT2D eigenvalue weighted by molar-refractivity contribution is -0.198. The second kappa shape index (κ2) is 14.7. The van der Waals surface area contributed by atoms with Crippen LogP contribution in [-0.2, 0) is 19.6 Å². The first-order valence-corrected chi connectivity index (χ1v) is 17.3. The fourth-order valence-corrected chi connectivity index (χ4v) is 6.54. The normalized spacial score (nSPS) is 21.8. The monoisotopic (exact) mass is 695 g/mol. The summed E-state index contributed by atoms with van der Waals surface area (Å²) in [6, 6.07) is 7.59. The second-order valence-corrected chi connectivity index (χ2v) is 15.5. The molecule has 0 unspecified atom stereocenters. The molecule has 15 nitrogen and oxygen atoms in total. The first-order chi connectivity index (χ1) is 23.4. The summed E-state index contributed by atoms with van der Waals surface area (Å²) in [5.41, 5.74) is 8.49. The van der Waals surface area contributed by atoms with E-state index in [1.165, 1.54) is 16.8 Å². The van der Waals surface area contributed by atoms with Crippen LogP contribution >= 0.6 is 0 Å². The minimum atomic E-state index is -0.951. The zero-order chi connectivity index (χ0) is 36.4. The van der Waals surface area contributed by atoms with Gasteiger partial charge in [0.15, 0.2) is 23.5 Å². The van der Waals surface area contributed by atoms with Crippen LogP contribution in [0.3, 0.4) is 0 Å². The molecular formula is C35H53N9O6. The summed E-state index contributed by atoms with van der Waals surface area (Å²) in [6.45, 7) is 18.4. The molecule has 274 valence electrons. The van der Waals surface area contributed by atoms with Crippen LogP contribution in [0.1, 0.15) is 80.0 Å². The Balaban J connectivity index is 1.25. The molecule has 0 saturated carbocycles. The molecule has 0 aliphatic carbocycles. The molecule has 4 atom stereocenters. The maximum absolute atomic E-state index is 12.7. The van der Waals surface area contributed by atoms with Gasteiger partial charge in [0.25, 0.3) is 0 Å². The summed E-state index contributed by atoms with van der Waals surface area (Å²) in [5, 5.41) is 15.7. The molecule has 2 aliphatic heterocycles. The molecule has 5 N–H and O–H groups in total. The van der Waals surface area contributed by atoms with Crippen molar-refractivity contribution in [1.29, 1.82) is 0 Å². The van der Waals surface area contributed by atoms with Gasteiger partial charge in [-0.3, -0.25) is 4.57 Å². The number of hydrogen-bond acceptors (Lipinski definition) is 10. The number of carbonyl (C=O) groups excluding carboxylic acids is 1. The Morgan fingerprint density at radius 3 is 2.32 bits per heavy atom. The van der Waals surface area contributed by atoms with Gasteiger partial charge in [-0.2, -0.15) is 0 Å². The zero-order valence-electron chi connectivity index (χ0n) is 30.5. The van der Waals surface area contributed by atoms with Crippen LogP contribution in [0.15, 0.2) is 36.9 Å².